The van der Waals surface area contributed by atoms with Crippen LogP contribution in [0, 0.1) is 5.92 Å². The molecule has 0 spiro atoms. The molecule has 0 radical (unpaired) electrons. The standard InChI is InChI=1S/C24H34N2O2/c1-23(2)18-22(26-14-16-28-17-15-26)21(24(3,4)25-23)13-12-20(27)11-10-19-8-6-5-7-9-19/h5-11,18,21,25H,12-17H2,1-4H3/b11-10+. The lowest BCUT2D eigenvalue weighted by molar-refractivity contribution is -0.114. The zero-order valence-electron chi connectivity index (χ0n) is 17.7. The average molecular weight is 383 g/mol. The van der Waals surface area contributed by atoms with Crippen molar-refractivity contribution in [2.75, 3.05) is 26.3 Å². The van der Waals surface area contributed by atoms with Crippen LogP contribution in [-0.4, -0.2) is 48.1 Å². The largest absolute Gasteiger partial charge is 0.378 e. The number of carbonyl (C=O) groups is 1. The highest BCUT2D eigenvalue weighted by molar-refractivity contribution is 5.93. The summed E-state index contributed by atoms with van der Waals surface area (Å²) in [6.07, 6.45) is 7.39. The van der Waals surface area contributed by atoms with Gasteiger partial charge in [0.15, 0.2) is 5.78 Å². The lowest BCUT2D eigenvalue weighted by atomic mass is 9.74. The van der Waals surface area contributed by atoms with Gasteiger partial charge in [-0.3, -0.25) is 4.79 Å². The predicted molar refractivity (Wildman–Crippen MR) is 115 cm³/mol. The Morgan fingerprint density at radius 3 is 2.54 bits per heavy atom. The van der Waals surface area contributed by atoms with Crippen LogP contribution in [0.5, 0.6) is 0 Å². The molecule has 4 nitrogen and oxygen atoms in total. The van der Waals surface area contributed by atoms with Gasteiger partial charge in [-0.2, -0.15) is 0 Å². The van der Waals surface area contributed by atoms with Gasteiger partial charge in [-0.1, -0.05) is 36.4 Å². The van der Waals surface area contributed by atoms with E-state index in [1.807, 2.05) is 36.4 Å². The summed E-state index contributed by atoms with van der Waals surface area (Å²) in [5, 5.41) is 3.77. The summed E-state index contributed by atoms with van der Waals surface area (Å²) in [6.45, 7) is 12.4. The first-order valence-corrected chi connectivity index (χ1v) is 10.4. The van der Waals surface area contributed by atoms with Gasteiger partial charge in [-0.25, -0.2) is 0 Å². The predicted octanol–water partition coefficient (Wildman–Crippen LogP) is 4.04. The number of carbonyl (C=O) groups excluding carboxylic acids is 1. The molecule has 2 heterocycles. The number of ketones is 1. The van der Waals surface area contributed by atoms with Gasteiger partial charge in [-0.15, -0.1) is 0 Å². The van der Waals surface area contributed by atoms with Crippen molar-refractivity contribution < 1.29 is 9.53 Å². The van der Waals surface area contributed by atoms with E-state index in [2.05, 4.69) is 44.0 Å². The minimum atomic E-state index is -0.0741. The molecule has 1 atom stereocenters. The first-order valence-electron chi connectivity index (χ1n) is 10.4. The summed E-state index contributed by atoms with van der Waals surface area (Å²) < 4.78 is 5.55. The minimum absolute atomic E-state index is 0.0646. The lowest BCUT2D eigenvalue weighted by Gasteiger charge is -2.50. The SMILES string of the molecule is CC1(C)C=C(N2CCOCC2)C(CCC(=O)/C=C/c2ccccc2)C(C)(C)N1. The normalized spacial score (nSPS) is 24.2. The maximum Gasteiger partial charge on any atom is 0.155 e. The molecule has 2 aliphatic rings. The highest BCUT2D eigenvalue weighted by atomic mass is 16.5. The summed E-state index contributed by atoms with van der Waals surface area (Å²) in [7, 11) is 0. The van der Waals surface area contributed by atoms with Crippen LogP contribution in [-0.2, 0) is 9.53 Å². The fourth-order valence-corrected chi connectivity index (χ4v) is 4.56. The number of benzene rings is 1. The Bertz CT molecular complexity index is 728. The molecule has 0 bridgehead atoms. The monoisotopic (exact) mass is 382 g/mol. The molecular weight excluding hydrogens is 348 g/mol. The molecular formula is C24H34N2O2. The van der Waals surface area contributed by atoms with E-state index in [0.29, 0.717) is 12.3 Å². The lowest BCUT2D eigenvalue weighted by Crippen LogP contribution is -2.61. The van der Waals surface area contributed by atoms with Crippen molar-refractivity contribution in [3.8, 4) is 0 Å². The number of morpholine rings is 1. The highest BCUT2D eigenvalue weighted by Gasteiger charge is 2.42. The van der Waals surface area contributed by atoms with E-state index >= 15 is 0 Å². The zero-order valence-corrected chi connectivity index (χ0v) is 17.7. The minimum Gasteiger partial charge on any atom is -0.378 e. The number of nitrogens with zero attached hydrogens (tertiary/aromatic N) is 1. The van der Waals surface area contributed by atoms with E-state index < -0.39 is 0 Å². The van der Waals surface area contributed by atoms with Crippen LogP contribution in [0.2, 0.25) is 0 Å². The number of rotatable bonds is 6. The third-order valence-corrected chi connectivity index (χ3v) is 5.70. The van der Waals surface area contributed by atoms with Crippen molar-refractivity contribution in [2.45, 2.75) is 51.6 Å². The fraction of sp³-hybridized carbons (Fsp3) is 0.542. The summed E-state index contributed by atoms with van der Waals surface area (Å²) in [5.41, 5.74) is 2.29. The fourth-order valence-electron chi connectivity index (χ4n) is 4.56. The summed E-state index contributed by atoms with van der Waals surface area (Å²) in [5.74, 6) is 0.485. The number of hydrogen-bond acceptors (Lipinski definition) is 4. The topological polar surface area (TPSA) is 41.6 Å². The second kappa shape index (κ2) is 8.62. The molecule has 0 aliphatic carbocycles. The molecule has 1 saturated heterocycles. The van der Waals surface area contributed by atoms with Crippen molar-refractivity contribution in [3.63, 3.8) is 0 Å². The van der Waals surface area contributed by atoms with E-state index in [1.165, 1.54) is 5.70 Å². The van der Waals surface area contributed by atoms with E-state index in [4.69, 9.17) is 4.74 Å². The van der Waals surface area contributed by atoms with Crippen molar-refractivity contribution in [3.05, 3.63) is 53.7 Å². The molecule has 0 saturated carbocycles. The van der Waals surface area contributed by atoms with Crippen LogP contribution < -0.4 is 5.32 Å². The molecule has 1 aromatic carbocycles. The van der Waals surface area contributed by atoms with Gasteiger partial charge in [0, 0.05) is 42.2 Å². The molecule has 2 aliphatic heterocycles. The van der Waals surface area contributed by atoms with Crippen LogP contribution in [0.3, 0.4) is 0 Å². The van der Waals surface area contributed by atoms with E-state index in [-0.39, 0.29) is 16.9 Å². The number of allylic oxidation sites excluding steroid dienone is 1. The second-order valence-corrected chi connectivity index (χ2v) is 9.04. The summed E-state index contributed by atoms with van der Waals surface area (Å²) in [6, 6.07) is 9.99. The van der Waals surface area contributed by atoms with Gasteiger partial charge in [0.05, 0.1) is 13.2 Å². The number of hydrogen-bond donors (Lipinski definition) is 1. The van der Waals surface area contributed by atoms with Gasteiger partial charge in [-0.05, 0) is 51.8 Å². The smallest absolute Gasteiger partial charge is 0.155 e. The molecule has 0 aromatic heterocycles. The number of nitrogens with one attached hydrogen (secondary N) is 1. The van der Waals surface area contributed by atoms with Crippen LogP contribution in [0.15, 0.2) is 48.2 Å². The van der Waals surface area contributed by atoms with Gasteiger partial charge >= 0.3 is 0 Å². The van der Waals surface area contributed by atoms with Crippen LogP contribution in [0.25, 0.3) is 6.08 Å². The van der Waals surface area contributed by atoms with E-state index in [0.717, 1.165) is 38.3 Å². The Labute approximate surface area is 169 Å². The first-order chi connectivity index (χ1) is 13.3. The molecule has 28 heavy (non-hydrogen) atoms. The van der Waals surface area contributed by atoms with Gasteiger partial charge in [0.2, 0.25) is 0 Å². The average Bonchev–Trinajstić information content (AvgIpc) is 2.65. The maximum atomic E-state index is 12.5. The van der Waals surface area contributed by atoms with Crippen LogP contribution in [0.4, 0.5) is 0 Å². The Kier molecular flexibility index (Phi) is 6.41. The van der Waals surface area contributed by atoms with Crippen molar-refractivity contribution in [2.24, 2.45) is 5.92 Å². The quantitative estimate of drug-likeness (QED) is 0.754. The Balaban J connectivity index is 1.71. The van der Waals surface area contributed by atoms with Gasteiger partial charge in [0.25, 0.3) is 0 Å². The molecule has 1 fully saturated rings. The van der Waals surface area contributed by atoms with E-state index in [1.54, 1.807) is 6.08 Å². The molecule has 4 heteroatoms. The zero-order chi connectivity index (χ0) is 20.2. The summed E-state index contributed by atoms with van der Waals surface area (Å²) >= 11 is 0. The highest BCUT2D eigenvalue weighted by Crippen LogP contribution is 2.38. The Morgan fingerprint density at radius 1 is 1.18 bits per heavy atom. The van der Waals surface area contributed by atoms with Gasteiger partial charge in [0.1, 0.15) is 0 Å². The Hall–Kier alpha value is -1.91. The van der Waals surface area contributed by atoms with Crippen molar-refractivity contribution >= 4 is 11.9 Å². The summed E-state index contributed by atoms with van der Waals surface area (Å²) in [4.78, 5) is 15.0. The molecule has 152 valence electrons. The maximum absolute atomic E-state index is 12.5. The molecule has 1 aromatic rings. The van der Waals surface area contributed by atoms with E-state index in [9.17, 15) is 4.79 Å². The van der Waals surface area contributed by atoms with Gasteiger partial charge < -0.3 is 15.0 Å². The third kappa shape index (κ3) is 5.33. The van der Waals surface area contributed by atoms with Crippen LogP contribution in [0.1, 0.15) is 46.1 Å². The van der Waals surface area contributed by atoms with Crippen molar-refractivity contribution in [1.82, 2.24) is 10.2 Å². The molecule has 1 N–H and O–H groups in total. The Morgan fingerprint density at radius 2 is 1.86 bits per heavy atom. The third-order valence-electron chi connectivity index (χ3n) is 5.70. The molecule has 1 unspecified atom stereocenters. The first kappa shape index (κ1) is 20.8. The molecule has 0 amide bonds. The number of ether oxygens (including phenoxy) is 1. The molecule has 3 rings (SSSR count). The second-order valence-electron chi connectivity index (χ2n) is 9.04. The van der Waals surface area contributed by atoms with Crippen molar-refractivity contribution in [1.29, 1.82) is 0 Å². The van der Waals surface area contributed by atoms with Crippen LogP contribution >= 0.6 is 0 Å².